The highest BCUT2D eigenvalue weighted by molar-refractivity contribution is 6.38. The number of hydrogen-bond acceptors (Lipinski definition) is 4. The van der Waals surface area contributed by atoms with Crippen molar-refractivity contribution < 1.29 is 19.4 Å². The number of aliphatic carboxylic acids is 1. The SMILES string of the molecule is CC(CCCC(=O)O)C1=C2C(=O)C=[N+]([O-])C=C2C=N1. The van der Waals surface area contributed by atoms with Crippen LogP contribution in [0.15, 0.2) is 28.0 Å². The number of aliphatic imine (C=N–C) groups is 1. The molecule has 0 aromatic rings. The molecule has 0 aromatic heterocycles. The molecule has 0 fully saturated rings. The van der Waals surface area contributed by atoms with Gasteiger partial charge in [-0.25, -0.2) is 0 Å². The van der Waals surface area contributed by atoms with Crippen molar-refractivity contribution in [2.45, 2.75) is 26.2 Å². The Morgan fingerprint density at radius 3 is 3.00 bits per heavy atom. The molecule has 2 aliphatic rings. The molecule has 0 aliphatic carbocycles. The summed E-state index contributed by atoms with van der Waals surface area (Å²) in [6.07, 6.45) is 5.09. The molecule has 6 heteroatoms. The van der Waals surface area contributed by atoms with Crippen LogP contribution in [0.3, 0.4) is 0 Å². The summed E-state index contributed by atoms with van der Waals surface area (Å²) >= 11 is 0. The number of fused-ring (bicyclic) bond motifs is 1. The Labute approximate surface area is 110 Å². The Bertz CT molecular complexity index is 555. The van der Waals surface area contributed by atoms with Crippen molar-refractivity contribution in [2.75, 3.05) is 0 Å². The number of nitrogens with zero attached hydrogens (tertiary/aromatic N) is 2. The average Bonchev–Trinajstić information content (AvgIpc) is 2.72. The number of carboxylic acid groups (broad SMARTS) is 1. The minimum atomic E-state index is -0.829. The molecule has 1 unspecified atom stereocenters. The van der Waals surface area contributed by atoms with E-state index in [-0.39, 0.29) is 18.1 Å². The number of ketones is 1. The predicted molar refractivity (Wildman–Crippen MR) is 69.0 cm³/mol. The first kappa shape index (κ1) is 13.2. The van der Waals surface area contributed by atoms with Crippen molar-refractivity contribution in [1.29, 1.82) is 0 Å². The highest BCUT2D eigenvalue weighted by atomic mass is 16.5. The maximum absolute atomic E-state index is 11.8. The summed E-state index contributed by atoms with van der Waals surface area (Å²) in [5, 5.41) is 19.8. The molecule has 19 heavy (non-hydrogen) atoms. The van der Waals surface area contributed by atoms with Crippen LogP contribution >= 0.6 is 0 Å². The van der Waals surface area contributed by atoms with E-state index in [4.69, 9.17) is 5.11 Å². The van der Waals surface area contributed by atoms with Gasteiger partial charge in [0.1, 0.15) is 0 Å². The maximum Gasteiger partial charge on any atom is 0.303 e. The third-order valence-corrected chi connectivity index (χ3v) is 3.14. The van der Waals surface area contributed by atoms with Crippen molar-refractivity contribution >= 4 is 24.2 Å². The lowest BCUT2D eigenvalue weighted by Crippen LogP contribution is -2.19. The van der Waals surface area contributed by atoms with Crippen molar-refractivity contribution in [3.8, 4) is 0 Å². The summed E-state index contributed by atoms with van der Waals surface area (Å²) in [5.74, 6) is -1.18. The van der Waals surface area contributed by atoms with E-state index in [1.54, 1.807) is 0 Å². The van der Waals surface area contributed by atoms with Crippen LogP contribution in [0.1, 0.15) is 26.2 Å². The van der Waals surface area contributed by atoms with Gasteiger partial charge in [0.05, 0.1) is 16.8 Å². The van der Waals surface area contributed by atoms with Gasteiger partial charge in [-0.05, 0) is 18.8 Å². The van der Waals surface area contributed by atoms with E-state index in [0.717, 1.165) is 6.21 Å². The smallest absolute Gasteiger partial charge is 0.303 e. The standard InChI is InChI=1S/C13H14N2O4/c1-8(3-2-4-11(17)18)13-12-9(5-14-13)6-15(19)7-10(12)16/h5-8H,2-4H2,1H3,(H,17,18). The van der Waals surface area contributed by atoms with Gasteiger partial charge in [-0.1, -0.05) is 6.92 Å². The van der Waals surface area contributed by atoms with E-state index in [0.29, 0.717) is 34.4 Å². The molecular weight excluding hydrogens is 248 g/mol. The fourth-order valence-electron chi connectivity index (χ4n) is 2.21. The van der Waals surface area contributed by atoms with E-state index in [9.17, 15) is 14.8 Å². The van der Waals surface area contributed by atoms with Crippen LogP contribution < -0.4 is 0 Å². The number of Topliss-reactive ketones (excluding diaryl/α,β-unsaturated/α-hetero) is 1. The van der Waals surface area contributed by atoms with Crippen LogP contribution in [0, 0.1) is 11.1 Å². The molecule has 0 spiro atoms. The van der Waals surface area contributed by atoms with Crippen LogP contribution in [-0.2, 0) is 9.59 Å². The first-order valence-corrected chi connectivity index (χ1v) is 6.06. The minimum absolute atomic E-state index is 0.00736. The van der Waals surface area contributed by atoms with Gasteiger partial charge in [0.15, 0.2) is 6.20 Å². The van der Waals surface area contributed by atoms with E-state index in [2.05, 4.69) is 4.99 Å². The Kier molecular flexibility index (Phi) is 3.59. The zero-order valence-corrected chi connectivity index (χ0v) is 10.5. The van der Waals surface area contributed by atoms with Gasteiger partial charge in [-0.3, -0.25) is 14.6 Å². The fraction of sp³-hybridized carbons (Fsp3) is 0.385. The molecule has 100 valence electrons. The summed E-state index contributed by atoms with van der Waals surface area (Å²) in [5.41, 5.74) is 1.64. The number of carboxylic acids is 1. The second-order valence-corrected chi connectivity index (χ2v) is 4.64. The number of rotatable bonds is 5. The first-order valence-electron chi connectivity index (χ1n) is 6.06. The van der Waals surface area contributed by atoms with Gasteiger partial charge in [-0.15, -0.1) is 0 Å². The van der Waals surface area contributed by atoms with Crippen LogP contribution in [0.5, 0.6) is 0 Å². The quantitative estimate of drug-likeness (QED) is 0.596. The summed E-state index contributed by atoms with van der Waals surface area (Å²) in [6.45, 7) is 1.90. The number of hydroxylamine groups is 1. The second-order valence-electron chi connectivity index (χ2n) is 4.64. The summed E-state index contributed by atoms with van der Waals surface area (Å²) in [7, 11) is 0. The zero-order valence-electron chi connectivity index (χ0n) is 10.5. The third kappa shape index (κ3) is 2.78. The maximum atomic E-state index is 11.8. The van der Waals surface area contributed by atoms with Crippen LogP contribution in [-0.4, -0.2) is 34.0 Å². The lowest BCUT2D eigenvalue weighted by Gasteiger charge is -2.13. The van der Waals surface area contributed by atoms with Gasteiger partial charge < -0.3 is 10.3 Å². The predicted octanol–water partition coefficient (Wildman–Crippen LogP) is 1.26. The normalized spacial score (nSPS) is 19.1. The highest BCUT2D eigenvalue weighted by Crippen LogP contribution is 2.31. The number of allylic oxidation sites excluding steroid dienone is 3. The Balaban J connectivity index is 2.13. The van der Waals surface area contributed by atoms with Crippen LogP contribution in [0.4, 0.5) is 0 Å². The monoisotopic (exact) mass is 262 g/mol. The van der Waals surface area contributed by atoms with Gasteiger partial charge in [0.2, 0.25) is 6.21 Å². The van der Waals surface area contributed by atoms with Gasteiger partial charge in [0.25, 0.3) is 5.78 Å². The fourth-order valence-corrected chi connectivity index (χ4v) is 2.21. The number of carbonyl (C=O) groups excluding carboxylic acids is 1. The van der Waals surface area contributed by atoms with Crippen molar-refractivity contribution in [3.05, 3.63) is 28.3 Å². The zero-order chi connectivity index (χ0) is 14.0. The van der Waals surface area contributed by atoms with E-state index < -0.39 is 5.97 Å². The molecule has 0 saturated carbocycles. The number of hydrogen-bond donors (Lipinski definition) is 1. The largest absolute Gasteiger partial charge is 0.619 e. The molecule has 2 aliphatic heterocycles. The molecule has 0 amide bonds. The highest BCUT2D eigenvalue weighted by Gasteiger charge is 2.30. The Hall–Kier alpha value is -2.24. The molecule has 1 N–H and O–H groups in total. The second kappa shape index (κ2) is 5.17. The first-order chi connectivity index (χ1) is 8.99. The summed E-state index contributed by atoms with van der Waals surface area (Å²) in [4.78, 5) is 26.5. The van der Waals surface area contributed by atoms with Gasteiger partial charge in [0, 0.05) is 12.6 Å². The molecule has 0 aromatic carbocycles. The van der Waals surface area contributed by atoms with Gasteiger partial charge in [-0.2, -0.15) is 4.74 Å². The van der Waals surface area contributed by atoms with Crippen molar-refractivity contribution in [2.24, 2.45) is 10.9 Å². The lowest BCUT2D eigenvalue weighted by molar-refractivity contribution is -0.373. The number of carbonyl (C=O) groups is 2. The van der Waals surface area contributed by atoms with E-state index >= 15 is 0 Å². The molecular formula is C13H14N2O4. The van der Waals surface area contributed by atoms with Gasteiger partial charge >= 0.3 is 5.97 Å². The molecule has 0 saturated heterocycles. The minimum Gasteiger partial charge on any atom is -0.619 e. The van der Waals surface area contributed by atoms with E-state index in [1.165, 1.54) is 12.4 Å². The summed E-state index contributed by atoms with van der Waals surface area (Å²) in [6, 6.07) is 0. The molecule has 0 radical (unpaired) electrons. The molecule has 2 heterocycles. The molecule has 6 nitrogen and oxygen atoms in total. The van der Waals surface area contributed by atoms with Crippen LogP contribution in [0.2, 0.25) is 0 Å². The summed E-state index contributed by atoms with van der Waals surface area (Å²) < 4.78 is 0.477. The molecule has 2 rings (SSSR count). The third-order valence-electron chi connectivity index (χ3n) is 3.14. The Morgan fingerprint density at radius 2 is 2.32 bits per heavy atom. The Morgan fingerprint density at radius 1 is 1.58 bits per heavy atom. The molecule has 0 bridgehead atoms. The van der Waals surface area contributed by atoms with Crippen LogP contribution in [0.25, 0.3) is 0 Å². The lowest BCUT2D eigenvalue weighted by atomic mass is 9.93. The van der Waals surface area contributed by atoms with Crippen molar-refractivity contribution in [3.63, 3.8) is 0 Å². The topological polar surface area (TPSA) is 92.8 Å². The average molecular weight is 262 g/mol. The molecule has 1 atom stereocenters. The van der Waals surface area contributed by atoms with E-state index in [1.807, 2.05) is 6.92 Å². The van der Waals surface area contributed by atoms with Crippen molar-refractivity contribution in [1.82, 2.24) is 0 Å².